The molecule has 33 heteroatoms. The van der Waals surface area contributed by atoms with Crippen LogP contribution < -0.4 is 0 Å². The molecule has 436 valence electrons. The molecule has 1 aromatic carbocycles. The zero-order chi connectivity index (χ0) is 55.8. The first-order chi connectivity index (χ1) is 36.0. The van der Waals surface area contributed by atoms with Crippen LogP contribution in [0.2, 0.25) is 0 Å². The summed E-state index contributed by atoms with van der Waals surface area (Å²) >= 11 is 0. The second-order valence-corrected chi connectivity index (χ2v) is 19.0. The zero-order valence-electron chi connectivity index (χ0n) is 40.0. The van der Waals surface area contributed by atoms with Crippen molar-refractivity contribution in [1.29, 1.82) is 0 Å². The number of imidazole rings is 1. The van der Waals surface area contributed by atoms with Gasteiger partial charge in [-0.25, -0.2) is 9.37 Å². The van der Waals surface area contributed by atoms with Crippen LogP contribution in [0.1, 0.15) is 17.5 Å². The molecule has 76 heavy (non-hydrogen) atoms. The number of halogens is 1. The molecule has 12 unspecified atom stereocenters. The molecule has 32 nitrogen and oxygen atoms in total. The molecule has 0 spiro atoms. The van der Waals surface area contributed by atoms with E-state index in [9.17, 15) is 107 Å². The third kappa shape index (κ3) is 12.3. The lowest BCUT2D eigenvalue weighted by atomic mass is 9.95. The van der Waals surface area contributed by atoms with Gasteiger partial charge in [-0.05, 0) is 18.6 Å². The Hall–Kier alpha value is -2.58. The van der Waals surface area contributed by atoms with Crippen LogP contribution in [0.25, 0.3) is 11.0 Å². The predicted octanol–water partition coefficient (Wildman–Crippen LogP) is -11.8. The normalized spacial score (nSPS) is 44.2. The van der Waals surface area contributed by atoms with Crippen LogP contribution in [0.4, 0.5) is 4.39 Å². The number of H-pyrrole nitrogens is 1. The van der Waals surface area contributed by atoms with Gasteiger partial charge in [0, 0.05) is 6.07 Å². The Bertz CT molecular complexity index is 2090. The Morgan fingerprint density at radius 1 is 0.500 bits per heavy atom. The maximum Gasteiger partial charge on any atom is 0.187 e. The lowest BCUT2D eigenvalue weighted by Gasteiger charge is -2.49. The van der Waals surface area contributed by atoms with E-state index in [-0.39, 0.29) is 22.4 Å². The summed E-state index contributed by atoms with van der Waals surface area (Å²) in [4.78, 5) is 6.75. The molecular weight excluding hydrogens is 1040 g/mol. The van der Waals surface area contributed by atoms with E-state index < -0.39 is 223 Å². The fraction of sp³-hybridized carbons (Fsp3) is 0.837. The monoisotopic (exact) mass is 1110 g/mol. The largest absolute Gasteiger partial charge is 0.394 e. The molecule has 0 amide bonds. The molecule has 0 aliphatic carbocycles. The first-order valence-electron chi connectivity index (χ1n) is 23.9. The summed E-state index contributed by atoms with van der Waals surface area (Å²) in [5.74, 6) is -0.948. The topological polar surface area (TPSA) is 526 Å². The lowest BCUT2D eigenvalue weighted by Crippen LogP contribution is -2.68. The van der Waals surface area contributed by atoms with Crippen LogP contribution in [0.3, 0.4) is 0 Å². The third-order valence-corrected chi connectivity index (χ3v) is 13.9. The summed E-state index contributed by atoms with van der Waals surface area (Å²) in [6.07, 6.45) is -56.9. The summed E-state index contributed by atoms with van der Waals surface area (Å²) in [6, 6.07) is 2.44. The molecule has 21 N–H and O–H groups in total. The molecule has 5 fully saturated rings. The molecule has 2 aromatic rings. The molecular formula is C43H67FN2O30. The van der Waals surface area contributed by atoms with E-state index in [0.717, 1.165) is 6.07 Å². The van der Waals surface area contributed by atoms with Crippen LogP contribution >= 0.6 is 0 Å². The minimum atomic E-state index is -2.22. The minimum Gasteiger partial charge on any atom is -0.394 e. The summed E-state index contributed by atoms with van der Waals surface area (Å²) in [5.41, 5.74) is 0.541. The van der Waals surface area contributed by atoms with Gasteiger partial charge in [-0.3, -0.25) is 0 Å². The SMILES string of the molecule is Cc1cc2[nH]c(C(O)[C@@H](O)[C@H](O[C@H]3OC(CO)[C@@H](O[C@H]4OC(CO)[C@@H](O[C@H]5OC(CO)[C@@H](O[C@H]6OC(CO)[C@@H](O[C@H]7OC(CO)[C@@H](O)[C@H](O)C7O)[C@H](O)C6O)[C@H](O)C5O)[C@H](O)C4O)[C@H](O)C3O)C(O)CO)nc2cc1F. The van der Waals surface area contributed by atoms with E-state index in [0.29, 0.717) is 0 Å². The Kier molecular flexibility index (Phi) is 20.8. The van der Waals surface area contributed by atoms with Crippen molar-refractivity contribution in [1.82, 2.24) is 9.97 Å². The van der Waals surface area contributed by atoms with Crippen LogP contribution in [-0.2, 0) is 47.4 Å². The second-order valence-electron chi connectivity index (χ2n) is 19.0. The van der Waals surface area contributed by atoms with E-state index in [1.807, 2.05) is 0 Å². The van der Waals surface area contributed by atoms with Crippen molar-refractivity contribution in [3.8, 4) is 0 Å². The Labute approximate surface area is 428 Å². The highest BCUT2D eigenvalue weighted by Gasteiger charge is 2.57. The standard InChI is InChI=1S/C43H67FN2O30/c1-10-2-12-13(3-11(10)44)46-38(45-12)27(61)22(56)33(14(53)4-47)72-40-29(63)23(57)35(16(6-49)68-40)74-42-31(65)25(59)37(18(8-51)70-42)76-43-32(66)26(60)36(19(9-52)71-43)75-41-30(64)24(58)34(17(7-50)69-41)73-39-28(62)21(55)20(54)15(5-48)67-39/h2-3,14-37,39-43,47-66H,4-9H2,1H3,(H,45,46)/t14?,15?,16?,17?,18?,19?,20-,21+,22-,23-,24-,25-,26-,27?,28?,29?,30?,31?,32?,33-,34-,35-,36-,37-,39-,40-,41-,42-,43-/m1/s1. The lowest BCUT2D eigenvalue weighted by molar-refractivity contribution is -0.394. The summed E-state index contributed by atoms with van der Waals surface area (Å²) in [6.45, 7) is -4.59. The number of benzene rings is 1. The number of ether oxygens (including phenoxy) is 10. The van der Waals surface area contributed by atoms with Gasteiger partial charge in [0.05, 0.1) is 50.7 Å². The van der Waals surface area contributed by atoms with E-state index >= 15 is 0 Å². The van der Waals surface area contributed by atoms with E-state index in [2.05, 4.69) is 9.97 Å². The second kappa shape index (κ2) is 25.9. The number of hydrogen-bond acceptors (Lipinski definition) is 31. The molecule has 1 aromatic heterocycles. The zero-order valence-corrected chi connectivity index (χ0v) is 40.0. The van der Waals surface area contributed by atoms with Crippen molar-refractivity contribution >= 4 is 11.0 Å². The van der Waals surface area contributed by atoms with Gasteiger partial charge in [-0.2, -0.15) is 0 Å². The third-order valence-electron chi connectivity index (χ3n) is 13.9. The van der Waals surface area contributed by atoms with Gasteiger partial charge in [0.2, 0.25) is 0 Å². The maximum absolute atomic E-state index is 14.2. The molecule has 5 saturated heterocycles. The van der Waals surface area contributed by atoms with E-state index in [4.69, 9.17) is 47.4 Å². The molecule has 7 rings (SSSR count). The Morgan fingerprint density at radius 2 is 0.855 bits per heavy atom. The quantitative estimate of drug-likeness (QED) is 0.0585. The number of aromatic nitrogens is 2. The number of fused-ring (bicyclic) bond motifs is 1. The summed E-state index contributed by atoms with van der Waals surface area (Å²) in [7, 11) is 0. The highest BCUT2D eigenvalue weighted by atomic mass is 19.1. The summed E-state index contributed by atoms with van der Waals surface area (Å²) in [5, 5.41) is 213. The van der Waals surface area contributed by atoms with Crippen LogP contribution in [0.5, 0.6) is 0 Å². The highest BCUT2D eigenvalue weighted by Crippen LogP contribution is 2.37. The van der Waals surface area contributed by atoms with E-state index in [1.54, 1.807) is 0 Å². The van der Waals surface area contributed by atoms with Gasteiger partial charge in [0.1, 0.15) is 158 Å². The molecule has 0 saturated carbocycles. The van der Waals surface area contributed by atoms with Gasteiger partial charge in [-0.1, -0.05) is 0 Å². The van der Waals surface area contributed by atoms with Crippen molar-refractivity contribution < 1.29 is 154 Å². The molecule has 0 radical (unpaired) electrons. The fourth-order valence-corrected chi connectivity index (χ4v) is 9.43. The average molecular weight is 1110 g/mol. The van der Waals surface area contributed by atoms with Crippen LogP contribution in [0.15, 0.2) is 12.1 Å². The number of rotatable bonds is 20. The molecule has 5 aliphatic heterocycles. The van der Waals surface area contributed by atoms with Crippen LogP contribution in [-0.4, -0.2) is 324 Å². The van der Waals surface area contributed by atoms with Gasteiger partial charge in [0.25, 0.3) is 0 Å². The summed E-state index contributed by atoms with van der Waals surface area (Å²) < 4.78 is 70.0. The smallest absolute Gasteiger partial charge is 0.187 e. The number of nitrogens with one attached hydrogen (secondary N) is 1. The molecule has 0 bridgehead atoms. The first kappa shape index (κ1) is 61.0. The molecule has 5 aliphatic rings. The van der Waals surface area contributed by atoms with Gasteiger partial charge in [-0.15, -0.1) is 0 Å². The number of nitrogens with zero attached hydrogens (tertiary/aromatic N) is 1. The molecule has 6 heterocycles. The molecule has 29 atom stereocenters. The van der Waals surface area contributed by atoms with Crippen molar-refractivity contribution in [3.05, 3.63) is 29.3 Å². The average Bonchev–Trinajstić information content (AvgIpc) is 3.82. The maximum atomic E-state index is 14.2. The van der Waals surface area contributed by atoms with Crippen molar-refractivity contribution in [2.24, 2.45) is 0 Å². The minimum absolute atomic E-state index is 0.0554. The Morgan fingerprint density at radius 3 is 1.24 bits per heavy atom. The van der Waals surface area contributed by atoms with Crippen molar-refractivity contribution in [2.45, 2.75) is 185 Å². The van der Waals surface area contributed by atoms with Crippen molar-refractivity contribution in [2.75, 3.05) is 39.6 Å². The van der Waals surface area contributed by atoms with Gasteiger partial charge < -0.3 is 154 Å². The highest BCUT2D eigenvalue weighted by molar-refractivity contribution is 5.76. The Balaban J connectivity index is 0.966. The number of aryl methyl sites for hydroxylation is 1. The van der Waals surface area contributed by atoms with Crippen LogP contribution in [0, 0.1) is 12.7 Å². The van der Waals surface area contributed by atoms with Crippen molar-refractivity contribution in [3.63, 3.8) is 0 Å². The van der Waals surface area contributed by atoms with Gasteiger partial charge >= 0.3 is 0 Å². The number of aliphatic hydroxyl groups is 20. The predicted molar refractivity (Wildman–Crippen MR) is 234 cm³/mol. The number of aliphatic hydroxyl groups excluding tert-OH is 20. The number of hydrogen-bond donors (Lipinski definition) is 21. The van der Waals surface area contributed by atoms with E-state index in [1.165, 1.54) is 13.0 Å². The first-order valence-corrected chi connectivity index (χ1v) is 23.9. The van der Waals surface area contributed by atoms with Gasteiger partial charge in [0.15, 0.2) is 31.5 Å². The number of aromatic amines is 1. The fourth-order valence-electron chi connectivity index (χ4n) is 9.43.